The molecule has 1 unspecified atom stereocenters. The average molecular weight is 264 g/mol. The highest BCUT2D eigenvalue weighted by Crippen LogP contribution is 2.26. The van der Waals surface area contributed by atoms with Gasteiger partial charge in [0.05, 0.1) is 5.02 Å². The Hall–Kier alpha value is -1.38. The molecule has 2 aromatic rings. The lowest BCUT2D eigenvalue weighted by atomic mass is 9.98. The van der Waals surface area contributed by atoms with Gasteiger partial charge in [-0.1, -0.05) is 53.6 Å². The van der Waals surface area contributed by atoms with Gasteiger partial charge in [-0.15, -0.1) is 0 Å². The second-order valence-corrected chi connectivity index (χ2v) is 4.82. The molecule has 0 saturated heterocycles. The zero-order valence-electron chi connectivity index (χ0n) is 10.2. The fourth-order valence-electron chi connectivity index (χ4n) is 2.01. The predicted octanol–water partition coefficient (Wildman–Crippen LogP) is 4.03. The highest BCUT2D eigenvalue weighted by atomic mass is 35.5. The molecule has 0 aliphatic rings. The van der Waals surface area contributed by atoms with Crippen molar-refractivity contribution in [2.45, 2.75) is 19.4 Å². The molecule has 0 fully saturated rings. The van der Waals surface area contributed by atoms with E-state index in [1.165, 1.54) is 11.6 Å². The maximum atomic E-state index is 13.4. The van der Waals surface area contributed by atoms with Crippen LogP contribution in [0, 0.1) is 12.7 Å². The summed E-state index contributed by atoms with van der Waals surface area (Å²) >= 11 is 5.93. The molecule has 3 heteroatoms. The van der Waals surface area contributed by atoms with E-state index in [1.807, 2.05) is 25.1 Å². The Morgan fingerprint density at radius 2 is 1.94 bits per heavy atom. The summed E-state index contributed by atoms with van der Waals surface area (Å²) in [5.41, 5.74) is 9.06. The zero-order chi connectivity index (χ0) is 13.1. The van der Waals surface area contributed by atoms with Gasteiger partial charge < -0.3 is 5.73 Å². The Bertz CT molecular complexity index is 554. The largest absolute Gasteiger partial charge is 0.324 e. The Balaban J connectivity index is 2.22. The van der Waals surface area contributed by atoms with Gasteiger partial charge in [0.2, 0.25) is 0 Å². The van der Waals surface area contributed by atoms with E-state index < -0.39 is 5.82 Å². The van der Waals surface area contributed by atoms with Gasteiger partial charge in [0.25, 0.3) is 0 Å². The molecule has 0 amide bonds. The van der Waals surface area contributed by atoms with E-state index in [4.69, 9.17) is 17.3 Å². The summed E-state index contributed by atoms with van der Waals surface area (Å²) in [6, 6.07) is 12.6. The molecule has 1 atom stereocenters. The SMILES string of the molecule is Cc1cccc(CC(N)c2cccc(F)c2Cl)c1. The summed E-state index contributed by atoms with van der Waals surface area (Å²) in [7, 11) is 0. The van der Waals surface area contributed by atoms with Gasteiger partial charge in [0.1, 0.15) is 5.82 Å². The lowest BCUT2D eigenvalue weighted by molar-refractivity contribution is 0.619. The minimum Gasteiger partial charge on any atom is -0.324 e. The molecule has 18 heavy (non-hydrogen) atoms. The van der Waals surface area contributed by atoms with Crippen molar-refractivity contribution in [1.29, 1.82) is 0 Å². The molecular formula is C15H15ClFN. The molecule has 0 radical (unpaired) electrons. The molecule has 2 aromatic carbocycles. The maximum Gasteiger partial charge on any atom is 0.142 e. The molecule has 0 aromatic heterocycles. The predicted molar refractivity (Wildman–Crippen MR) is 73.2 cm³/mol. The average Bonchev–Trinajstić information content (AvgIpc) is 2.32. The first-order chi connectivity index (χ1) is 8.58. The highest BCUT2D eigenvalue weighted by Gasteiger charge is 2.13. The summed E-state index contributed by atoms with van der Waals surface area (Å²) < 4.78 is 13.4. The number of nitrogens with two attached hydrogens (primary N) is 1. The molecule has 0 aliphatic carbocycles. The van der Waals surface area contributed by atoms with Crippen molar-refractivity contribution < 1.29 is 4.39 Å². The lowest BCUT2D eigenvalue weighted by Crippen LogP contribution is -2.14. The van der Waals surface area contributed by atoms with Crippen LogP contribution in [0.3, 0.4) is 0 Å². The summed E-state index contributed by atoms with van der Waals surface area (Å²) in [5.74, 6) is -0.422. The molecule has 0 bridgehead atoms. The molecular weight excluding hydrogens is 249 g/mol. The molecule has 2 rings (SSSR count). The monoisotopic (exact) mass is 263 g/mol. The van der Waals surface area contributed by atoms with E-state index in [2.05, 4.69) is 6.07 Å². The number of hydrogen-bond acceptors (Lipinski definition) is 1. The third-order valence-electron chi connectivity index (χ3n) is 2.92. The van der Waals surface area contributed by atoms with Gasteiger partial charge in [-0.3, -0.25) is 0 Å². The van der Waals surface area contributed by atoms with Gasteiger partial charge in [-0.2, -0.15) is 0 Å². The van der Waals surface area contributed by atoms with Crippen LogP contribution >= 0.6 is 11.6 Å². The quantitative estimate of drug-likeness (QED) is 0.889. The second-order valence-electron chi connectivity index (χ2n) is 4.44. The van der Waals surface area contributed by atoms with E-state index >= 15 is 0 Å². The van der Waals surface area contributed by atoms with Crippen LogP contribution in [0.2, 0.25) is 5.02 Å². The molecule has 0 saturated carbocycles. The van der Waals surface area contributed by atoms with Crippen molar-refractivity contribution in [3.8, 4) is 0 Å². The van der Waals surface area contributed by atoms with E-state index in [1.54, 1.807) is 12.1 Å². The summed E-state index contributed by atoms with van der Waals surface area (Å²) in [4.78, 5) is 0. The van der Waals surface area contributed by atoms with Gasteiger partial charge >= 0.3 is 0 Å². The van der Waals surface area contributed by atoms with Crippen LogP contribution in [0.15, 0.2) is 42.5 Å². The van der Waals surface area contributed by atoms with Crippen LogP contribution in [0.4, 0.5) is 4.39 Å². The fraction of sp³-hybridized carbons (Fsp3) is 0.200. The van der Waals surface area contributed by atoms with Gasteiger partial charge in [-0.05, 0) is 30.5 Å². The van der Waals surface area contributed by atoms with Crippen LogP contribution < -0.4 is 5.73 Å². The third kappa shape index (κ3) is 2.89. The van der Waals surface area contributed by atoms with Crippen LogP contribution in [0.25, 0.3) is 0 Å². The maximum absolute atomic E-state index is 13.4. The number of halogens is 2. The molecule has 94 valence electrons. The van der Waals surface area contributed by atoms with Crippen molar-refractivity contribution in [3.63, 3.8) is 0 Å². The minimum atomic E-state index is -0.422. The first-order valence-electron chi connectivity index (χ1n) is 5.83. The fourth-order valence-corrected chi connectivity index (χ4v) is 2.28. The van der Waals surface area contributed by atoms with E-state index in [9.17, 15) is 4.39 Å². The zero-order valence-corrected chi connectivity index (χ0v) is 10.9. The van der Waals surface area contributed by atoms with Crippen LogP contribution in [0.5, 0.6) is 0 Å². The Labute approximate surface area is 111 Å². The smallest absolute Gasteiger partial charge is 0.142 e. The van der Waals surface area contributed by atoms with E-state index in [0.717, 1.165) is 5.56 Å². The van der Waals surface area contributed by atoms with E-state index in [0.29, 0.717) is 12.0 Å². The molecule has 0 aliphatic heterocycles. The van der Waals surface area contributed by atoms with Crippen molar-refractivity contribution in [1.82, 2.24) is 0 Å². The number of benzene rings is 2. The van der Waals surface area contributed by atoms with Gasteiger partial charge in [0.15, 0.2) is 0 Å². The second kappa shape index (κ2) is 5.51. The standard InChI is InChI=1S/C15H15ClFN/c1-10-4-2-5-11(8-10)9-14(18)12-6-3-7-13(17)15(12)16/h2-8,14H,9,18H2,1H3. The van der Waals surface area contributed by atoms with E-state index in [-0.39, 0.29) is 11.1 Å². The van der Waals surface area contributed by atoms with Crippen LogP contribution in [0.1, 0.15) is 22.7 Å². The van der Waals surface area contributed by atoms with Crippen LogP contribution in [-0.4, -0.2) is 0 Å². The van der Waals surface area contributed by atoms with Crippen molar-refractivity contribution in [3.05, 3.63) is 70.0 Å². The lowest BCUT2D eigenvalue weighted by Gasteiger charge is -2.14. The molecule has 2 N–H and O–H groups in total. The Kier molecular flexibility index (Phi) is 4.00. The van der Waals surface area contributed by atoms with Crippen molar-refractivity contribution in [2.75, 3.05) is 0 Å². The first-order valence-corrected chi connectivity index (χ1v) is 6.21. The van der Waals surface area contributed by atoms with Crippen molar-refractivity contribution >= 4 is 11.6 Å². The number of aryl methyl sites for hydroxylation is 1. The van der Waals surface area contributed by atoms with Crippen LogP contribution in [-0.2, 0) is 6.42 Å². The summed E-state index contributed by atoms with van der Waals surface area (Å²) in [6.07, 6.45) is 0.644. The van der Waals surface area contributed by atoms with Gasteiger partial charge in [-0.25, -0.2) is 4.39 Å². The summed E-state index contributed by atoms with van der Waals surface area (Å²) in [5, 5.41) is 0.123. The number of rotatable bonds is 3. The molecule has 0 spiro atoms. The van der Waals surface area contributed by atoms with Gasteiger partial charge in [0, 0.05) is 6.04 Å². The first kappa shape index (κ1) is 13.1. The molecule has 0 heterocycles. The third-order valence-corrected chi connectivity index (χ3v) is 3.32. The Morgan fingerprint density at radius 1 is 1.22 bits per heavy atom. The Morgan fingerprint density at radius 3 is 2.67 bits per heavy atom. The summed E-state index contributed by atoms with van der Waals surface area (Å²) in [6.45, 7) is 2.03. The number of hydrogen-bond donors (Lipinski definition) is 1. The molecule has 1 nitrogen and oxygen atoms in total. The highest BCUT2D eigenvalue weighted by molar-refractivity contribution is 6.31. The minimum absolute atomic E-state index is 0.123. The van der Waals surface area contributed by atoms with Crippen molar-refractivity contribution in [2.24, 2.45) is 5.73 Å². The normalized spacial score (nSPS) is 12.4. The topological polar surface area (TPSA) is 26.0 Å².